The Morgan fingerprint density at radius 1 is 1.45 bits per heavy atom. The van der Waals surface area contributed by atoms with Gasteiger partial charge in [-0.25, -0.2) is 4.98 Å². The fourth-order valence-corrected chi connectivity index (χ4v) is 5.00. The lowest BCUT2D eigenvalue weighted by molar-refractivity contribution is -0.122. The predicted molar refractivity (Wildman–Crippen MR) is 123 cm³/mol. The molecule has 1 aliphatic rings. The summed E-state index contributed by atoms with van der Waals surface area (Å²) in [5, 5.41) is 2.83. The van der Waals surface area contributed by atoms with Crippen LogP contribution in [0.1, 0.15) is 19.0 Å². The average molecular weight is 468 g/mol. The summed E-state index contributed by atoms with van der Waals surface area (Å²) in [6, 6.07) is 7.01. The number of ether oxygens (including phenoxy) is 1. The van der Waals surface area contributed by atoms with Gasteiger partial charge in [0.25, 0.3) is 5.91 Å². The number of amides is 2. The van der Waals surface area contributed by atoms with Crippen LogP contribution in [-0.4, -0.2) is 46.3 Å². The second kappa shape index (κ2) is 9.82. The number of carbonyl (C=O) groups excluding carboxylic acids is 2. The Morgan fingerprint density at radius 2 is 2.24 bits per heavy atom. The van der Waals surface area contributed by atoms with Crippen molar-refractivity contribution < 1.29 is 14.3 Å². The lowest BCUT2D eigenvalue weighted by Crippen LogP contribution is -2.29. The molecule has 1 aromatic carbocycles. The molecule has 0 saturated carbocycles. The first-order valence-corrected chi connectivity index (χ1v) is 11.1. The number of anilines is 2. The predicted octanol–water partition coefficient (Wildman–Crippen LogP) is 4.72. The minimum Gasteiger partial charge on any atom is -0.385 e. The van der Waals surface area contributed by atoms with Crippen molar-refractivity contribution in [2.75, 3.05) is 25.2 Å². The normalized spacial score (nSPS) is 15.4. The maximum atomic E-state index is 12.6. The molecule has 0 unspecified atom stereocenters. The van der Waals surface area contributed by atoms with Crippen LogP contribution in [0.2, 0.25) is 5.02 Å². The number of thiazole rings is 1. The summed E-state index contributed by atoms with van der Waals surface area (Å²) in [4.78, 5) is 32.9. The minimum absolute atomic E-state index is 0.135. The highest BCUT2D eigenvalue weighted by Crippen LogP contribution is 2.35. The quantitative estimate of drug-likeness (QED) is 0.333. The molecule has 0 spiro atoms. The summed E-state index contributed by atoms with van der Waals surface area (Å²) in [5.41, 5.74) is 1.23. The number of aromatic nitrogens is 1. The first kappa shape index (κ1) is 21.9. The van der Waals surface area contributed by atoms with Crippen molar-refractivity contribution in [2.45, 2.75) is 13.3 Å². The minimum atomic E-state index is -0.183. The molecular formula is C19H18ClN3O3S3. The van der Waals surface area contributed by atoms with Crippen LogP contribution in [0.4, 0.5) is 10.8 Å². The van der Waals surface area contributed by atoms with Crippen molar-refractivity contribution in [1.29, 1.82) is 0 Å². The van der Waals surface area contributed by atoms with E-state index in [9.17, 15) is 9.59 Å². The van der Waals surface area contributed by atoms with E-state index in [1.807, 2.05) is 0 Å². The van der Waals surface area contributed by atoms with E-state index in [-0.39, 0.29) is 11.8 Å². The molecule has 152 valence electrons. The number of carbonyl (C=O) groups is 2. The third kappa shape index (κ3) is 5.23. The van der Waals surface area contributed by atoms with Gasteiger partial charge in [-0.05, 0) is 30.7 Å². The monoisotopic (exact) mass is 467 g/mol. The summed E-state index contributed by atoms with van der Waals surface area (Å²) in [6.45, 7) is 2.55. The Bertz CT molecular complexity index is 976. The van der Waals surface area contributed by atoms with Crippen LogP contribution in [0.5, 0.6) is 0 Å². The lowest BCUT2D eigenvalue weighted by atomic mass is 10.3. The molecule has 2 amide bonds. The molecule has 10 heteroatoms. The zero-order valence-electron chi connectivity index (χ0n) is 15.8. The van der Waals surface area contributed by atoms with E-state index in [0.717, 1.165) is 0 Å². The number of halogens is 1. The Kier molecular flexibility index (Phi) is 7.42. The average Bonchev–Trinajstić information content (AvgIpc) is 3.21. The van der Waals surface area contributed by atoms with Gasteiger partial charge in [0.15, 0.2) is 5.13 Å². The molecule has 1 aliphatic heterocycles. The van der Waals surface area contributed by atoms with Gasteiger partial charge in [-0.1, -0.05) is 41.6 Å². The van der Waals surface area contributed by atoms with Gasteiger partial charge < -0.3 is 4.74 Å². The number of thiocarbonyl (C=S) groups is 1. The highest BCUT2D eigenvalue weighted by molar-refractivity contribution is 8.26. The molecule has 2 aromatic rings. The molecule has 1 aromatic heterocycles. The number of thioether (sulfide) groups is 1. The Labute approximate surface area is 187 Å². The summed E-state index contributed by atoms with van der Waals surface area (Å²) >= 11 is 13.9. The molecule has 29 heavy (non-hydrogen) atoms. The number of hydrogen-bond acceptors (Lipinski definition) is 7. The van der Waals surface area contributed by atoms with Crippen LogP contribution in [-0.2, 0) is 14.3 Å². The van der Waals surface area contributed by atoms with E-state index < -0.39 is 0 Å². The van der Waals surface area contributed by atoms with E-state index in [4.69, 9.17) is 28.6 Å². The van der Waals surface area contributed by atoms with Gasteiger partial charge in [0.05, 0.1) is 16.3 Å². The molecule has 0 atom stereocenters. The molecule has 6 nitrogen and oxygen atoms in total. The van der Waals surface area contributed by atoms with Crippen molar-refractivity contribution >= 4 is 79.9 Å². The van der Waals surface area contributed by atoms with Crippen molar-refractivity contribution in [3.05, 3.63) is 45.3 Å². The fraction of sp³-hybridized carbons (Fsp3) is 0.263. The van der Waals surface area contributed by atoms with Gasteiger partial charge in [0.1, 0.15) is 4.32 Å². The number of benzene rings is 1. The van der Waals surface area contributed by atoms with Crippen molar-refractivity contribution in [2.24, 2.45) is 0 Å². The third-order valence-corrected chi connectivity index (χ3v) is 6.42. The third-order valence-electron chi connectivity index (χ3n) is 3.97. The smallest absolute Gasteiger partial charge is 0.266 e. The summed E-state index contributed by atoms with van der Waals surface area (Å²) < 4.78 is 5.56. The lowest BCUT2D eigenvalue weighted by Gasteiger charge is -2.18. The van der Waals surface area contributed by atoms with Crippen LogP contribution < -0.4 is 4.90 Å². The van der Waals surface area contributed by atoms with Gasteiger partial charge in [-0.15, -0.1) is 11.3 Å². The van der Waals surface area contributed by atoms with Crippen LogP contribution in [0.25, 0.3) is 6.08 Å². The Balaban J connectivity index is 1.81. The number of nitrogens with zero attached hydrogens (tertiary/aromatic N) is 3. The SMILES string of the molecule is COCCCN1C(=O)/C(=C\c2csc(N(C(C)=O)c3cccc(Cl)c3)n2)SC1=S. The molecule has 0 N–H and O–H groups in total. The fourth-order valence-electron chi connectivity index (χ4n) is 2.68. The van der Waals surface area contributed by atoms with Gasteiger partial charge in [-0.2, -0.15) is 0 Å². The van der Waals surface area contributed by atoms with Crippen LogP contribution in [0, 0.1) is 0 Å². The topological polar surface area (TPSA) is 62.7 Å². The Morgan fingerprint density at radius 3 is 2.93 bits per heavy atom. The van der Waals surface area contributed by atoms with Crippen LogP contribution in [0.3, 0.4) is 0 Å². The molecule has 0 aliphatic carbocycles. The molecule has 0 bridgehead atoms. The zero-order valence-corrected chi connectivity index (χ0v) is 19.0. The van der Waals surface area contributed by atoms with E-state index in [0.29, 0.717) is 50.3 Å². The second-order valence-electron chi connectivity index (χ2n) is 6.07. The molecule has 3 rings (SSSR count). The maximum absolute atomic E-state index is 12.6. The zero-order chi connectivity index (χ0) is 21.0. The standard InChI is InChI=1S/C19H18ClN3O3S3/c1-12(24)23(15-6-3-5-13(20)9-15)18-21-14(11-28-18)10-16-17(25)22(19(27)29-16)7-4-8-26-2/h3,5-6,9-11H,4,7-8H2,1-2H3/b16-10+. The number of rotatable bonds is 7. The molecule has 0 radical (unpaired) electrons. The first-order chi connectivity index (χ1) is 13.9. The highest BCUT2D eigenvalue weighted by Gasteiger charge is 2.31. The van der Waals surface area contributed by atoms with Crippen molar-refractivity contribution in [1.82, 2.24) is 9.88 Å². The maximum Gasteiger partial charge on any atom is 0.266 e. The van der Waals surface area contributed by atoms with Crippen molar-refractivity contribution in [3.8, 4) is 0 Å². The molecule has 1 fully saturated rings. The molecule has 2 heterocycles. The van der Waals surface area contributed by atoms with Gasteiger partial charge >= 0.3 is 0 Å². The second-order valence-corrected chi connectivity index (χ2v) is 9.02. The molecule has 1 saturated heterocycles. The van der Waals surface area contributed by atoms with E-state index in [2.05, 4.69) is 4.98 Å². The van der Waals surface area contributed by atoms with Crippen LogP contribution >= 0.6 is 46.9 Å². The van der Waals surface area contributed by atoms with Gasteiger partial charge in [0, 0.05) is 37.6 Å². The highest BCUT2D eigenvalue weighted by atomic mass is 35.5. The largest absolute Gasteiger partial charge is 0.385 e. The van der Waals surface area contributed by atoms with Gasteiger partial charge in [0.2, 0.25) is 5.91 Å². The number of methoxy groups -OCH3 is 1. The Hall–Kier alpha value is -1.78. The van der Waals surface area contributed by atoms with Gasteiger partial charge in [-0.3, -0.25) is 19.4 Å². The molecular weight excluding hydrogens is 450 g/mol. The summed E-state index contributed by atoms with van der Waals surface area (Å²) in [7, 11) is 1.62. The van der Waals surface area contributed by atoms with Crippen molar-refractivity contribution in [3.63, 3.8) is 0 Å². The number of hydrogen-bond donors (Lipinski definition) is 0. The van der Waals surface area contributed by atoms with E-state index in [1.165, 1.54) is 34.9 Å². The first-order valence-electron chi connectivity index (χ1n) is 8.67. The summed E-state index contributed by atoms with van der Waals surface area (Å²) in [5.74, 6) is -0.318. The van der Waals surface area contributed by atoms with Crippen LogP contribution in [0.15, 0.2) is 34.6 Å². The summed E-state index contributed by atoms with van der Waals surface area (Å²) in [6.07, 6.45) is 2.41. The van der Waals surface area contributed by atoms with E-state index in [1.54, 1.807) is 47.7 Å². The van der Waals surface area contributed by atoms with E-state index >= 15 is 0 Å².